The zero-order valence-corrected chi connectivity index (χ0v) is 9.65. The van der Waals surface area contributed by atoms with Gasteiger partial charge in [0.2, 0.25) is 0 Å². The van der Waals surface area contributed by atoms with Crippen LogP contribution in [0.1, 0.15) is 10.8 Å². The second kappa shape index (κ2) is 4.50. The highest BCUT2D eigenvalue weighted by Crippen LogP contribution is 2.37. The number of furan rings is 1. The Morgan fingerprint density at radius 2 is 2.24 bits per heavy atom. The standard InChI is InChI=1S/C10H9F3N2OS/c1-14-4-7-6(2-3-16-7)8-5-15-9(17-8)10(11,12)13/h2-3,5,14H,4H2,1H3. The summed E-state index contributed by atoms with van der Waals surface area (Å²) >= 11 is 0.614. The van der Waals surface area contributed by atoms with Gasteiger partial charge in [0.05, 0.1) is 17.7 Å². The predicted molar refractivity (Wildman–Crippen MR) is 57.6 cm³/mol. The number of nitrogens with one attached hydrogen (secondary N) is 1. The first-order valence-electron chi connectivity index (χ1n) is 4.76. The van der Waals surface area contributed by atoms with Crippen molar-refractivity contribution in [2.75, 3.05) is 7.05 Å². The summed E-state index contributed by atoms with van der Waals surface area (Å²) in [7, 11) is 1.74. The van der Waals surface area contributed by atoms with Crippen LogP contribution in [-0.2, 0) is 12.7 Å². The first-order chi connectivity index (χ1) is 8.02. The Bertz CT molecular complexity index is 504. The van der Waals surface area contributed by atoms with Crippen molar-refractivity contribution in [2.24, 2.45) is 0 Å². The maximum absolute atomic E-state index is 12.4. The molecule has 0 aromatic carbocycles. The minimum atomic E-state index is -4.39. The lowest BCUT2D eigenvalue weighted by atomic mass is 10.2. The Hall–Kier alpha value is -1.34. The molecule has 2 heterocycles. The van der Waals surface area contributed by atoms with Gasteiger partial charge in [-0.15, -0.1) is 11.3 Å². The summed E-state index contributed by atoms with van der Waals surface area (Å²) in [6, 6.07) is 1.64. The molecule has 0 fully saturated rings. The van der Waals surface area contributed by atoms with Crippen LogP contribution in [-0.4, -0.2) is 12.0 Å². The maximum atomic E-state index is 12.4. The van der Waals surface area contributed by atoms with Crippen molar-refractivity contribution in [3.63, 3.8) is 0 Å². The Balaban J connectivity index is 2.34. The largest absolute Gasteiger partial charge is 0.467 e. The number of hydrogen-bond donors (Lipinski definition) is 1. The van der Waals surface area contributed by atoms with Gasteiger partial charge in [-0.1, -0.05) is 0 Å². The minimum absolute atomic E-state index is 0.455. The summed E-state index contributed by atoms with van der Waals surface area (Å²) in [4.78, 5) is 3.83. The van der Waals surface area contributed by atoms with Gasteiger partial charge in [0.1, 0.15) is 5.76 Å². The van der Waals surface area contributed by atoms with Crippen LogP contribution in [0, 0.1) is 0 Å². The number of halogens is 3. The fourth-order valence-corrected chi connectivity index (χ4v) is 2.21. The van der Waals surface area contributed by atoms with E-state index in [4.69, 9.17) is 4.42 Å². The van der Waals surface area contributed by atoms with Gasteiger partial charge >= 0.3 is 6.18 Å². The summed E-state index contributed by atoms with van der Waals surface area (Å²) in [6.45, 7) is 0.460. The fourth-order valence-electron chi connectivity index (χ4n) is 1.39. The molecule has 0 bridgehead atoms. The molecule has 0 saturated carbocycles. The molecule has 0 amide bonds. The van der Waals surface area contributed by atoms with E-state index in [9.17, 15) is 13.2 Å². The van der Waals surface area contributed by atoms with Crippen molar-refractivity contribution in [3.05, 3.63) is 29.3 Å². The number of aromatic nitrogens is 1. The van der Waals surface area contributed by atoms with Crippen LogP contribution in [0.25, 0.3) is 10.4 Å². The van der Waals surface area contributed by atoms with Crippen LogP contribution in [0.2, 0.25) is 0 Å². The smallest absolute Gasteiger partial charge is 0.443 e. The average Bonchev–Trinajstić information content (AvgIpc) is 2.82. The quantitative estimate of drug-likeness (QED) is 0.923. The van der Waals surface area contributed by atoms with Gasteiger partial charge in [0.25, 0.3) is 0 Å². The molecule has 0 saturated heterocycles. The highest BCUT2D eigenvalue weighted by atomic mass is 32.1. The van der Waals surface area contributed by atoms with E-state index in [0.29, 0.717) is 34.1 Å². The third-order valence-electron chi connectivity index (χ3n) is 2.10. The van der Waals surface area contributed by atoms with Gasteiger partial charge in [-0.05, 0) is 13.1 Å². The van der Waals surface area contributed by atoms with Crippen molar-refractivity contribution in [1.29, 1.82) is 0 Å². The summed E-state index contributed by atoms with van der Waals surface area (Å²) < 4.78 is 42.4. The molecule has 2 aromatic heterocycles. The number of nitrogens with zero attached hydrogens (tertiary/aromatic N) is 1. The van der Waals surface area contributed by atoms with Crippen molar-refractivity contribution >= 4 is 11.3 Å². The van der Waals surface area contributed by atoms with Crippen molar-refractivity contribution in [1.82, 2.24) is 10.3 Å². The van der Waals surface area contributed by atoms with Crippen LogP contribution < -0.4 is 5.32 Å². The lowest BCUT2D eigenvalue weighted by molar-refractivity contribution is -0.137. The van der Waals surface area contributed by atoms with E-state index in [2.05, 4.69) is 10.3 Å². The molecule has 0 unspecified atom stereocenters. The topological polar surface area (TPSA) is 38.1 Å². The third kappa shape index (κ3) is 2.50. The van der Waals surface area contributed by atoms with Crippen LogP contribution in [0.3, 0.4) is 0 Å². The second-order valence-corrected chi connectivity index (χ2v) is 4.35. The molecule has 7 heteroatoms. The molecule has 2 rings (SSSR count). The molecule has 17 heavy (non-hydrogen) atoms. The van der Waals surface area contributed by atoms with E-state index in [0.717, 1.165) is 0 Å². The molecule has 0 spiro atoms. The Morgan fingerprint density at radius 3 is 2.82 bits per heavy atom. The monoisotopic (exact) mass is 262 g/mol. The van der Waals surface area contributed by atoms with Crippen molar-refractivity contribution in [3.8, 4) is 10.4 Å². The Morgan fingerprint density at radius 1 is 1.47 bits per heavy atom. The highest BCUT2D eigenvalue weighted by molar-refractivity contribution is 7.15. The first-order valence-corrected chi connectivity index (χ1v) is 5.58. The van der Waals surface area contributed by atoms with Crippen LogP contribution in [0.15, 0.2) is 22.9 Å². The number of thiazole rings is 1. The van der Waals surface area contributed by atoms with E-state index in [1.165, 1.54) is 12.5 Å². The van der Waals surface area contributed by atoms with Gasteiger partial charge < -0.3 is 9.73 Å². The molecular weight excluding hydrogens is 253 g/mol. The number of hydrogen-bond acceptors (Lipinski definition) is 4. The van der Waals surface area contributed by atoms with E-state index in [-0.39, 0.29) is 0 Å². The molecule has 0 aliphatic carbocycles. The molecule has 0 atom stereocenters. The third-order valence-corrected chi connectivity index (χ3v) is 3.17. The Labute approximate surface area is 99.3 Å². The van der Waals surface area contributed by atoms with E-state index < -0.39 is 11.2 Å². The lowest BCUT2D eigenvalue weighted by Gasteiger charge is -2.00. The normalized spacial score (nSPS) is 12.0. The Kier molecular flexibility index (Phi) is 3.21. The molecule has 1 N–H and O–H groups in total. The van der Waals surface area contributed by atoms with E-state index >= 15 is 0 Å². The van der Waals surface area contributed by atoms with Gasteiger partial charge in [0.15, 0.2) is 5.01 Å². The highest BCUT2D eigenvalue weighted by Gasteiger charge is 2.34. The molecule has 2 aromatic rings. The summed E-state index contributed by atoms with van der Waals surface area (Å²) in [6.07, 6.45) is -1.72. The molecule has 3 nitrogen and oxygen atoms in total. The van der Waals surface area contributed by atoms with E-state index in [1.807, 2.05) is 0 Å². The minimum Gasteiger partial charge on any atom is -0.467 e. The lowest BCUT2D eigenvalue weighted by Crippen LogP contribution is -2.04. The maximum Gasteiger partial charge on any atom is 0.443 e. The van der Waals surface area contributed by atoms with Crippen LogP contribution in [0.4, 0.5) is 13.2 Å². The number of alkyl halides is 3. The molecular formula is C10H9F3N2OS. The fraction of sp³-hybridized carbons (Fsp3) is 0.300. The molecule has 0 aliphatic rings. The van der Waals surface area contributed by atoms with Crippen molar-refractivity contribution in [2.45, 2.75) is 12.7 Å². The molecule has 0 radical (unpaired) electrons. The van der Waals surface area contributed by atoms with Crippen LogP contribution in [0.5, 0.6) is 0 Å². The van der Waals surface area contributed by atoms with Crippen LogP contribution >= 0.6 is 11.3 Å². The second-order valence-electron chi connectivity index (χ2n) is 3.32. The average molecular weight is 262 g/mol. The summed E-state index contributed by atoms with van der Waals surface area (Å²) in [5.41, 5.74) is 0.646. The first kappa shape index (κ1) is 12.1. The van der Waals surface area contributed by atoms with Gasteiger partial charge in [-0.2, -0.15) is 13.2 Å². The summed E-state index contributed by atoms with van der Waals surface area (Å²) in [5.74, 6) is 0.602. The van der Waals surface area contributed by atoms with Crippen molar-refractivity contribution < 1.29 is 17.6 Å². The molecule has 92 valence electrons. The van der Waals surface area contributed by atoms with Gasteiger partial charge in [0, 0.05) is 11.8 Å². The number of rotatable bonds is 3. The zero-order valence-electron chi connectivity index (χ0n) is 8.84. The van der Waals surface area contributed by atoms with Gasteiger partial charge in [-0.25, -0.2) is 4.98 Å². The zero-order chi connectivity index (χ0) is 12.5. The predicted octanol–water partition coefficient (Wildman–Crippen LogP) is 3.14. The molecule has 0 aliphatic heterocycles. The SMILES string of the molecule is CNCc1occc1-c1cnc(C(F)(F)F)s1. The summed E-state index contributed by atoms with van der Waals surface area (Å²) in [5, 5.41) is 2.04. The van der Waals surface area contributed by atoms with Gasteiger partial charge in [-0.3, -0.25) is 0 Å². The van der Waals surface area contributed by atoms with E-state index in [1.54, 1.807) is 13.1 Å².